The van der Waals surface area contributed by atoms with Crippen LogP contribution in [0, 0.1) is 11.8 Å². The van der Waals surface area contributed by atoms with Crippen molar-refractivity contribution in [2.75, 3.05) is 26.2 Å². The molecule has 28 heavy (non-hydrogen) atoms. The summed E-state index contributed by atoms with van der Waals surface area (Å²) in [6.45, 7) is 9.52. The molecule has 0 aliphatic carbocycles. The molecule has 0 radical (unpaired) electrons. The highest BCUT2D eigenvalue weighted by Gasteiger charge is 2.23. The number of hydrogen-bond donors (Lipinski definition) is 1. The highest BCUT2D eigenvalue weighted by Crippen LogP contribution is 2.36. The van der Waals surface area contributed by atoms with Crippen LogP contribution in [0.25, 0.3) is 11.3 Å². The zero-order chi connectivity index (χ0) is 19.5. The van der Waals surface area contributed by atoms with Crippen molar-refractivity contribution in [1.29, 1.82) is 0 Å². The Labute approximate surface area is 166 Å². The summed E-state index contributed by atoms with van der Waals surface area (Å²) in [6, 6.07) is 7.92. The van der Waals surface area contributed by atoms with Gasteiger partial charge in [-0.25, -0.2) is 0 Å². The molecule has 2 atom stereocenters. The van der Waals surface area contributed by atoms with Crippen LogP contribution >= 0.6 is 0 Å². The normalized spacial score (nSPS) is 21.5. The number of para-hydroxylation sites is 1. The Morgan fingerprint density at radius 1 is 1.25 bits per heavy atom. The Hall–Kier alpha value is -2.34. The molecule has 1 aromatic heterocycles. The third-order valence-electron chi connectivity index (χ3n) is 5.65. The number of nitrogens with one attached hydrogen (secondary N) is 1. The number of carbonyl (C=O) groups is 1. The van der Waals surface area contributed by atoms with E-state index < -0.39 is 0 Å². The van der Waals surface area contributed by atoms with E-state index in [-0.39, 0.29) is 12.5 Å². The molecule has 2 aliphatic heterocycles. The number of hydrogen-bond acceptors (Lipinski definition) is 4. The van der Waals surface area contributed by atoms with Crippen LogP contribution < -0.4 is 10.1 Å². The molecule has 1 aromatic carbocycles. The summed E-state index contributed by atoms with van der Waals surface area (Å²) in [4.78, 5) is 15.0. The molecule has 1 amide bonds. The van der Waals surface area contributed by atoms with Gasteiger partial charge in [0.15, 0.2) is 0 Å². The lowest BCUT2D eigenvalue weighted by atomic mass is 9.92. The van der Waals surface area contributed by atoms with E-state index in [1.165, 1.54) is 19.5 Å². The van der Waals surface area contributed by atoms with E-state index in [1.54, 1.807) is 10.9 Å². The van der Waals surface area contributed by atoms with Crippen LogP contribution in [0.2, 0.25) is 0 Å². The summed E-state index contributed by atoms with van der Waals surface area (Å²) in [5.74, 6) is 2.41. The van der Waals surface area contributed by atoms with Gasteiger partial charge in [-0.1, -0.05) is 26.0 Å². The van der Waals surface area contributed by atoms with Crippen LogP contribution in [0.4, 0.5) is 0 Å². The molecular formula is C22H30N4O2. The molecular weight excluding hydrogens is 352 g/mol. The highest BCUT2D eigenvalue weighted by atomic mass is 16.5. The molecule has 6 nitrogen and oxygen atoms in total. The zero-order valence-electron chi connectivity index (χ0n) is 16.9. The molecule has 2 aliphatic rings. The van der Waals surface area contributed by atoms with Crippen molar-refractivity contribution in [3.05, 3.63) is 36.0 Å². The molecule has 1 saturated heterocycles. The fourth-order valence-electron chi connectivity index (χ4n) is 4.60. The van der Waals surface area contributed by atoms with Gasteiger partial charge in [-0.2, -0.15) is 5.10 Å². The van der Waals surface area contributed by atoms with Crippen LogP contribution in [-0.4, -0.2) is 46.8 Å². The van der Waals surface area contributed by atoms with Gasteiger partial charge in [0.2, 0.25) is 5.91 Å². The Morgan fingerprint density at radius 2 is 2.04 bits per heavy atom. The number of aromatic nitrogens is 2. The minimum absolute atomic E-state index is 0.00949. The fourth-order valence-corrected chi connectivity index (χ4v) is 4.60. The summed E-state index contributed by atoms with van der Waals surface area (Å²) in [7, 11) is 0. The van der Waals surface area contributed by atoms with E-state index in [2.05, 4.69) is 29.2 Å². The van der Waals surface area contributed by atoms with Gasteiger partial charge < -0.3 is 15.0 Å². The summed E-state index contributed by atoms with van der Waals surface area (Å²) in [5.41, 5.74) is 3.02. The van der Waals surface area contributed by atoms with Crippen LogP contribution in [0.3, 0.4) is 0 Å². The average Bonchev–Trinajstić information content (AvgIpc) is 3.08. The van der Waals surface area contributed by atoms with Crippen LogP contribution in [0.1, 0.15) is 32.3 Å². The van der Waals surface area contributed by atoms with Crippen molar-refractivity contribution in [3.8, 4) is 17.0 Å². The maximum atomic E-state index is 12.4. The molecule has 6 heteroatoms. The predicted molar refractivity (Wildman–Crippen MR) is 109 cm³/mol. The van der Waals surface area contributed by atoms with Gasteiger partial charge >= 0.3 is 0 Å². The van der Waals surface area contributed by atoms with Crippen LogP contribution in [-0.2, 0) is 17.9 Å². The molecule has 3 heterocycles. The maximum Gasteiger partial charge on any atom is 0.241 e. The first-order valence-electron chi connectivity index (χ1n) is 10.4. The number of rotatable bonds is 6. The molecule has 2 aromatic rings. The van der Waals surface area contributed by atoms with Gasteiger partial charge in [0.05, 0.1) is 11.9 Å². The second-order valence-corrected chi connectivity index (χ2v) is 8.37. The van der Waals surface area contributed by atoms with Crippen LogP contribution in [0.5, 0.6) is 5.75 Å². The lowest BCUT2D eigenvalue weighted by Crippen LogP contribution is -2.40. The Morgan fingerprint density at radius 3 is 2.86 bits per heavy atom. The van der Waals surface area contributed by atoms with Crippen molar-refractivity contribution >= 4 is 5.91 Å². The number of amides is 1. The molecule has 150 valence electrons. The van der Waals surface area contributed by atoms with Crippen molar-refractivity contribution in [3.63, 3.8) is 0 Å². The van der Waals surface area contributed by atoms with E-state index in [4.69, 9.17) is 4.74 Å². The number of benzene rings is 1. The minimum atomic E-state index is 0.00949. The second-order valence-electron chi connectivity index (χ2n) is 8.37. The zero-order valence-corrected chi connectivity index (χ0v) is 16.9. The number of fused-ring (bicyclic) bond motifs is 3. The smallest absolute Gasteiger partial charge is 0.241 e. The molecule has 0 spiro atoms. The van der Waals surface area contributed by atoms with Gasteiger partial charge in [0, 0.05) is 30.8 Å². The van der Waals surface area contributed by atoms with E-state index >= 15 is 0 Å². The lowest BCUT2D eigenvalue weighted by Gasteiger charge is -2.34. The highest BCUT2D eigenvalue weighted by molar-refractivity contribution is 5.78. The SMILES string of the molecule is C[C@@H]1C[C@@H](C)CN(CCCNC(=O)Cn2ncc3c2-c2ccccc2OC3)C1. The third-order valence-corrected chi connectivity index (χ3v) is 5.65. The van der Waals surface area contributed by atoms with E-state index in [0.717, 1.165) is 47.4 Å². The molecule has 0 saturated carbocycles. The Kier molecular flexibility index (Phi) is 5.67. The number of nitrogens with zero attached hydrogens (tertiary/aromatic N) is 3. The summed E-state index contributed by atoms with van der Waals surface area (Å²) < 4.78 is 7.55. The third kappa shape index (κ3) is 4.22. The summed E-state index contributed by atoms with van der Waals surface area (Å²) in [5, 5.41) is 7.48. The van der Waals surface area contributed by atoms with Gasteiger partial charge in [-0.05, 0) is 43.4 Å². The molecule has 4 rings (SSSR count). The van der Waals surface area contributed by atoms with E-state index in [9.17, 15) is 4.79 Å². The first kappa shape index (κ1) is 19.0. The average molecular weight is 383 g/mol. The number of carbonyl (C=O) groups excluding carboxylic acids is 1. The number of likely N-dealkylation sites (tertiary alicyclic amines) is 1. The van der Waals surface area contributed by atoms with E-state index in [1.807, 2.05) is 24.3 Å². The standard InChI is InChI=1S/C22H30N4O2/c1-16-10-17(2)13-25(12-16)9-5-8-23-21(27)14-26-22-18(11-24-26)15-28-20-7-4-3-6-19(20)22/h3-4,6-7,11,16-17H,5,8-10,12-15H2,1-2H3,(H,23,27)/t16-,17-/m1/s1. The molecule has 1 fully saturated rings. The van der Waals surface area contributed by atoms with Gasteiger partial charge in [-0.15, -0.1) is 0 Å². The molecule has 0 bridgehead atoms. The molecule has 0 unspecified atom stereocenters. The predicted octanol–water partition coefficient (Wildman–Crippen LogP) is 2.93. The summed E-state index contributed by atoms with van der Waals surface area (Å²) in [6.07, 6.45) is 4.12. The van der Waals surface area contributed by atoms with Gasteiger partial charge in [-0.3, -0.25) is 9.48 Å². The van der Waals surface area contributed by atoms with Crippen molar-refractivity contribution < 1.29 is 9.53 Å². The fraction of sp³-hybridized carbons (Fsp3) is 0.545. The quantitative estimate of drug-likeness (QED) is 0.781. The van der Waals surface area contributed by atoms with Crippen molar-refractivity contribution in [2.24, 2.45) is 11.8 Å². The largest absolute Gasteiger partial charge is 0.488 e. The first-order valence-corrected chi connectivity index (χ1v) is 10.4. The van der Waals surface area contributed by atoms with Crippen molar-refractivity contribution in [1.82, 2.24) is 20.0 Å². The van der Waals surface area contributed by atoms with Crippen molar-refractivity contribution in [2.45, 2.75) is 39.8 Å². The summed E-state index contributed by atoms with van der Waals surface area (Å²) >= 11 is 0. The molecule has 1 N–H and O–H groups in total. The van der Waals surface area contributed by atoms with Gasteiger partial charge in [0.25, 0.3) is 0 Å². The maximum absolute atomic E-state index is 12.4. The first-order chi connectivity index (χ1) is 13.6. The Bertz CT molecular complexity index is 822. The number of piperidine rings is 1. The topological polar surface area (TPSA) is 59.4 Å². The lowest BCUT2D eigenvalue weighted by molar-refractivity contribution is -0.121. The minimum Gasteiger partial charge on any atom is -0.488 e. The monoisotopic (exact) mass is 382 g/mol. The Balaban J connectivity index is 1.28. The van der Waals surface area contributed by atoms with Crippen LogP contribution in [0.15, 0.2) is 30.5 Å². The van der Waals surface area contributed by atoms with E-state index in [0.29, 0.717) is 13.2 Å². The van der Waals surface area contributed by atoms with Gasteiger partial charge in [0.1, 0.15) is 18.9 Å². The second kappa shape index (κ2) is 8.35. The number of ether oxygens (including phenoxy) is 1.